The number of rotatable bonds is 26. The van der Waals surface area contributed by atoms with Gasteiger partial charge >= 0.3 is 37.7 Å². The molecule has 4 aromatic carbocycles. The van der Waals surface area contributed by atoms with E-state index < -0.39 is 20.2 Å². The van der Waals surface area contributed by atoms with Crippen molar-refractivity contribution in [3.05, 3.63) is 96.1 Å². The second-order valence-electron chi connectivity index (χ2n) is 14.8. The van der Waals surface area contributed by atoms with Crippen LogP contribution in [0.25, 0.3) is 0 Å². The molecule has 13 heteroatoms. The molecule has 59 heavy (non-hydrogen) atoms. The summed E-state index contributed by atoms with van der Waals surface area (Å²) >= 11 is 0. The molecular formula is C46H62CaO10S2. The van der Waals surface area contributed by atoms with Crippen molar-refractivity contribution in [1.29, 1.82) is 0 Å². The number of ether oxygens (including phenoxy) is 2. The van der Waals surface area contributed by atoms with E-state index in [1.54, 1.807) is 24.3 Å². The molecular weight excluding hydrogens is 817 g/mol. The molecule has 0 atom stereocenters. The first-order chi connectivity index (χ1) is 27.8. The maximum atomic E-state index is 11.7. The van der Waals surface area contributed by atoms with Gasteiger partial charge in [0.05, 0.1) is 4.90 Å². The van der Waals surface area contributed by atoms with Crippen molar-refractivity contribution in [2.75, 3.05) is 0 Å². The molecule has 320 valence electrons. The fraction of sp³-hybridized carbons (Fsp3) is 0.478. The predicted molar refractivity (Wildman–Crippen MR) is 232 cm³/mol. The van der Waals surface area contributed by atoms with Crippen molar-refractivity contribution in [1.82, 2.24) is 0 Å². The molecule has 0 amide bonds. The topological polar surface area (TPSA) is 173 Å². The number of phenolic OH excluding ortho intramolecular Hbond substituents is 1. The first-order valence-corrected chi connectivity index (χ1v) is 23.8. The van der Waals surface area contributed by atoms with E-state index in [9.17, 15) is 36.2 Å². The Kier molecular flexibility index (Phi) is 25.4. The number of phenols is 1. The second kappa shape index (κ2) is 28.6. The zero-order chi connectivity index (χ0) is 42.2. The van der Waals surface area contributed by atoms with Crippen molar-refractivity contribution < 1.29 is 45.6 Å². The van der Waals surface area contributed by atoms with Gasteiger partial charge in [-0.2, -0.15) is 8.42 Å². The smallest absolute Gasteiger partial charge is 0.872 e. The number of aromatic hydroxyl groups is 1. The van der Waals surface area contributed by atoms with Crippen molar-refractivity contribution >= 4 is 58.0 Å². The Hall–Kier alpha value is -2.84. The van der Waals surface area contributed by atoms with Gasteiger partial charge in [0.2, 0.25) is 0 Å². The number of benzene rings is 4. The summed E-state index contributed by atoms with van der Waals surface area (Å²) in [5.41, 5.74) is 1.89. The van der Waals surface area contributed by atoms with Crippen LogP contribution in [0.1, 0.15) is 141 Å². The van der Waals surface area contributed by atoms with Crippen LogP contribution in [0, 0.1) is 0 Å². The Bertz CT molecular complexity index is 1840. The second-order valence-corrected chi connectivity index (χ2v) is 17.6. The Balaban J connectivity index is 0.000000400. The fourth-order valence-electron chi connectivity index (χ4n) is 6.55. The third-order valence-corrected chi connectivity index (χ3v) is 11.6. The summed E-state index contributed by atoms with van der Waals surface area (Å²) in [5, 5.41) is 20.6. The summed E-state index contributed by atoms with van der Waals surface area (Å²) in [7, 11) is -9.05. The molecule has 0 unspecified atom stereocenters. The molecule has 4 aromatic rings. The molecule has 0 heterocycles. The van der Waals surface area contributed by atoms with Gasteiger partial charge in [0.15, 0.2) is 0 Å². The van der Waals surface area contributed by atoms with Gasteiger partial charge in [0.25, 0.3) is 10.1 Å². The van der Waals surface area contributed by atoms with Crippen LogP contribution >= 0.6 is 0 Å². The van der Waals surface area contributed by atoms with E-state index >= 15 is 0 Å². The van der Waals surface area contributed by atoms with Crippen LogP contribution in [0.5, 0.6) is 34.5 Å². The SMILES string of the molecule is CCCCCCCCCCCc1ccc(S(=O)(=O)O)c(Oc2ccc(O)cc2)c1.CCCCCCCCCCCc1ccc(S(=O)(=O)[O-])c(Oc2ccc([O-])cc2)c1.[Ca+2]. The minimum Gasteiger partial charge on any atom is -0.872 e. The van der Waals surface area contributed by atoms with Gasteiger partial charge < -0.3 is 24.2 Å². The van der Waals surface area contributed by atoms with Gasteiger partial charge in [0, 0.05) is 0 Å². The van der Waals surface area contributed by atoms with Crippen LogP contribution in [-0.4, -0.2) is 68.8 Å². The van der Waals surface area contributed by atoms with E-state index in [4.69, 9.17) is 9.47 Å². The van der Waals surface area contributed by atoms with Crippen molar-refractivity contribution in [3.63, 3.8) is 0 Å². The summed E-state index contributed by atoms with van der Waals surface area (Å²) in [6.45, 7) is 4.45. The molecule has 4 rings (SSSR count). The van der Waals surface area contributed by atoms with E-state index in [-0.39, 0.29) is 70.5 Å². The average molecular weight is 879 g/mol. The summed E-state index contributed by atoms with van der Waals surface area (Å²) in [5.74, 6) is 0.709. The molecule has 0 fully saturated rings. The monoisotopic (exact) mass is 878 g/mol. The molecule has 0 saturated heterocycles. The van der Waals surface area contributed by atoms with Gasteiger partial charge in [0.1, 0.15) is 43.8 Å². The molecule has 0 spiro atoms. The number of unbranched alkanes of at least 4 members (excludes halogenated alkanes) is 16. The average Bonchev–Trinajstić information content (AvgIpc) is 3.18. The van der Waals surface area contributed by atoms with E-state index in [2.05, 4.69) is 13.8 Å². The first kappa shape index (κ1) is 52.3. The number of hydrogen-bond acceptors (Lipinski definition) is 9. The Morgan fingerprint density at radius 3 is 1.25 bits per heavy atom. The summed E-state index contributed by atoms with van der Waals surface area (Å²) in [4.78, 5) is -0.652. The largest absolute Gasteiger partial charge is 2.00 e. The maximum Gasteiger partial charge on any atom is 2.00 e. The van der Waals surface area contributed by atoms with Crippen LogP contribution in [0.4, 0.5) is 0 Å². The van der Waals surface area contributed by atoms with E-state index in [1.165, 1.54) is 151 Å². The molecule has 10 nitrogen and oxygen atoms in total. The minimum atomic E-state index is -4.66. The quantitative estimate of drug-likeness (QED) is 0.0351. The van der Waals surface area contributed by atoms with E-state index in [1.807, 2.05) is 0 Å². The first-order valence-electron chi connectivity index (χ1n) is 20.9. The maximum absolute atomic E-state index is 11.7. The van der Waals surface area contributed by atoms with E-state index in [0.717, 1.165) is 49.7 Å². The van der Waals surface area contributed by atoms with Crippen LogP contribution in [0.15, 0.2) is 94.7 Å². The molecule has 0 aliphatic rings. The molecule has 0 aromatic heterocycles. The Morgan fingerprint density at radius 2 is 0.864 bits per heavy atom. The molecule has 0 radical (unpaired) electrons. The fourth-order valence-corrected chi connectivity index (χ4v) is 7.73. The third kappa shape index (κ3) is 21.5. The molecule has 0 aliphatic carbocycles. The third-order valence-electron chi connectivity index (χ3n) is 9.82. The number of aryl methyl sites for hydroxylation is 2. The van der Waals surface area contributed by atoms with Gasteiger partial charge in [-0.25, -0.2) is 8.42 Å². The van der Waals surface area contributed by atoms with Crippen molar-refractivity contribution in [2.24, 2.45) is 0 Å². The zero-order valence-electron chi connectivity index (χ0n) is 34.9. The van der Waals surface area contributed by atoms with Gasteiger partial charge in [-0.05, 0) is 97.5 Å². The number of hydrogen-bond donors (Lipinski definition) is 2. The summed E-state index contributed by atoms with van der Waals surface area (Å²) in [6.07, 6.45) is 23.9. The van der Waals surface area contributed by atoms with Crippen LogP contribution in [-0.2, 0) is 33.1 Å². The van der Waals surface area contributed by atoms with E-state index in [0.29, 0.717) is 11.5 Å². The standard InChI is InChI=1S/2C23H32O5S.Ca/c2*1-2-3-4-5-6-7-8-9-10-11-19-12-17-23(29(25,26)27)22(18-19)28-21-15-13-20(24)14-16-21;/h2*12-18,24H,2-11H2,1H3,(H,25,26,27);/q;;+2/p-2. The van der Waals surface area contributed by atoms with Gasteiger partial charge in [-0.1, -0.05) is 141 Å². The van der Waals surface area contributed by atoms with Gasteiger partial charge in [-0.15, -0.1) is 5.75 Å². The summed E-state index contributed by atoms with van der Waals surface area (Å²) in [6, 6.07) is 20.9. The van der Waals surface area contributed by atoms with Crippen LogP contribution in [0.2, 0.25) is 0 Å². The van der Waals surface area contributed by atoms with Crippen LogP contribution < -0.4 is 14.6 Å². The van der Waals surface area contributed by atoms with Crippen molar-refractivity contribution in [3.8, 4) is 34.5 Å². The zero-order valence-corrected chi connectivity index (χ0v) is 38.8. The molecule has 0 aliphatic heterocycles. The van der Waals surface area contributed by atoms with Gasteiger partial charge in [-0.3, -0.25) is 4.55 Å². The van der Waals surface area contributed by atoms with Crippen LogP contribution in [0.3, 0.4) is 0 Å². The normalized spacial score (nSPS) is 11.3. The van der Waals surface area contributed by atoms with Crippen molar-refractivity contribution in [2.45, 2.75) is 152 Å². The Morgan fingerprint density at radius 1 is 0.508 bits per heavy atom. The summed E-state index contributed by atoms with van der Waals surface area (Å²) < 4.78 is 78.8. The predicted octanol–water partition coefficient (Wildman–Crippen LogP) is 11.7. The molecule has 0 saturated carbocycles. The minimum absolute atomic E-state index is 0. The molecule has 0 bridgehead atoms. The molecule has 2 N–H and O–H groups in total. The Labute approximate surface area is 383 Å².